The van der Waals surface area contributed by atoms with E-state index in [0.29, 0.717) is 12.3 Å². The highest BCUT2D eigenvalue weighted by molar-refractivity contribution is 9.10. The molecule has 1 aromatic rings. The summed E-state index contributed by atoms with van der Waals surface area (Å²) in [5.41, 5.74) is 1.68. The minimum absolute atomic E-state index is 0.144. The smallest absolute Gasteiger partial charge is 0.325 e. The van der Waals surface area contributed by atoms with E-state index in [2.05, 4.69) is 31.3 Å². The molecule has 0 atom stereocenters. The first kappa shape index (κ1) is 14.5. The summed E-state index contributed by atoms with van der Waals surface area (Å²) in [6.07, 6.45) is 0. The highest BCUT2D eigenvalue weighted by Gasteiger charge is 2.06. The molecule has 18 heavy (non-hydrogen) atoms. The number of rotatable bonds is 4. The van der Waals surface area contributed by atoms with Gasteiger partial charge in [0.2, 0.25) is 0 Å². The SMILES string of the molecule is CCOC(=O)CNC(=O)Nc1ccc(Br)c(C)c1. The average molecular weight is 315 g/mol. The molecule has 0 aliphatic heterocycles. The quantitative estimate of drug-likeness (QED) is 0.839. The third kappa shape index (κ3) is 4.75. The van der Waals surface area contributed by atoms with Crippen LogP contribution in [0.1, 0.15) is 12.5 Å². The number of benzene rings is 1. The molecule has 0 radical (unpaired) electrons. The predicted octanol–water partition coefficient (Wildman–Crippen LogP) is 2.44. The lowest BCUT2D eigenvalue weighted by atomic mass is 10.2. The predicted molar refractivity (Wildman–Crippen MR) is 72.5 cm³/mol. The third-order valence-corrected chi connectivity index (χ3v) is 3.00. The van der Waals surface area contributed by atoms with Gasteiger partial charge < -0.3 is 15.4 Å². The van der Waals surface area contributed by atoms with Crippen LogP contribution in [0.5, 0.6) is 0 Å². The summed E-state index contributed by atoms with van der Waals surface area (Å²) in [6.45, 7) is 3.79. The Morgan fingerprint density at radius 1 is 1.39 bits per heavy atom. The van der Waals surface area contributed by atoms with Crippen molar-refractivity contribution in [1.82, 2.24) is 5.32 Å². The number of hydrogen-bond acceptors (Lipinski definition) is 3. The Kier molecular flexibility index (Phi) is 5.64. The van der Waals surface area contributed by atoms with Gasteiger partial charge in [-0.25, -0.2) is 4.79 Å². The molecule has 0 aromatic heterocycles. The van der Waals surface area contributed by atoms with Gasteiger partial charge in [-0.2, -0.15) is 0 Å². The van der Waals surface area contributed by atoms with Gasteiger partial charge in [0, 0.05) is 10.2 Å². The number of hydrogen-bond donors (Lipinski definition) is 2. The third-order valence-electron chi connectivity index (χ3n) is 2.11. The number of halogens is 1. The number of nitrogens with one attached hydrogen (secondary N) is 2. The zero-order valence-corrected chi connectivity index (χ0v) is 11.8. The van der Waals surface area contributed by atoms with Crippen LogP contribution in [0.2, 0.25) is 0 Å². The number of amides is 2. The van der Waals surface area contributed by atoms with Gasteiger partial charge in [-0.3, -0.25) is 4.79 Å². The second-order valence-electron chi connectivity index (χ2n) is 3.58. The minimum Gasteiger partial charge on any atom is -0.465 e. The Labute approximate surface area is 114 Å². The van der Waals surface area contributed by atoms with E-state index in [0.717, 1.165) is 10.0 Å². The Bertz CT molecular complexity index is 449. The topological polar surface area (TPSA) is 67.4 Å². The lowest BCUT2D eigenvalue weighted by Gasteiger charge is -2.08. The highest BCUT2D eigenvalue weighted by atomic mass is 79.9. The lowest BCUT2D eigenvalue weighted by molar-refractivity contribution is -0.141. The number of carbonyl (C=O) groups is 2. The number of ether oxygens (including phenoxy) is 1. The number of aryl methyl sites for hydroxylation is 1. The number of anilines is 1. The van der Waals surface area contributed by atoms with E-state index in [9.17, 15) is 9.59 Å². The largest absolute Gasteiger partial charge is 0.465 e. The van der Waals surface area contributed by atoms with Gasteiger partial charge in [0.25, 0.3) is 0 Å². The molecule has 0 aliphatic carbocycles. The van der Waals surface area contributed by atoms with Crippen LogP contribution < -0.4 is 10.6 Å². The van der Waals surface area contributed by atoms with Crippen molar-refractivity contribution < 1.29 is 14.3 Å². The van der Waals surface area contributed by atoms with Gasteiger partial charge in [0.15, 0.2) is 0 Å². The van der Waals surface area contributed by atoms with Crippen molar-refractivity contribution in [1.29, 1.82) is 0 Å². The first-order valence-electron chi connectivity index (χ1n) is 5.49. The molecule has 1 rings (SSSR count). The van der Waals surface area contributed by atoms with Gasteiger partial charge in [-0.1, -0.05) is 15.9 Å². The Morgan fingerprint density at radius 3 is 2.72 bits per heavy atom. The van der Waals surface area contributed by atoms with Crippen molar-refractivity contribution in [2.24, 2.45) is 0 Å². The van der Waals surface area contributed by atoms with Crippen LogP contribution >= 0.6 is 15.9 Å². The van der Waals surface area contributed by atoms with Crippen molar-refractivity contribution in [3.05, 3.63) is 28.2 Å². The lowest BCUT2D eigenvalue weighted by Crippen LogP contribution is -2.34. The molecule has 0 heterocycles. The van der Waals surface area contributed by atoms with Crippen LogP contribution in [0, 0.1) is 6.92 Å². The molecule has 0 fully saturated rings. The number of esters is 1. The summed E-state index contributed by atoms with van der Waals surface area (Å²) in [5, 5.41) is 5.04. The summed E-state index contributed by atoms with van der Waals surface area (Å²) < 4.78 is 5.66. The van der Waals surface area contributed by atoms with E-state index >= 15 is 0 Å². The Morgan fingerprint density at radius 2 is 2.11 bits per heavy atom. The molecule has 98 valence electrons. The molecule has 2 N–H and O–H groups in total. The number of urea groups is 1. The van der Waals surface area contributed by atoms with E-state index < -0.39 is 12.0 Å². The maximum absolute atomic E-state index is 11.5. The second-order valence-corrected chi connectivity index (χ2v) is 4.43. The molecule has 0 aliphatic rings. The molecule has 0 unspecified atom stereocenters. The normalized spacial score (nSPS) is 9.72. The van der Waals surface area contributed by atoms with E-state index in [1.165, 1.54) is 0 Å². The monoisotopic (exact) mass is 314 g/mol. The summed E-state index contributed by atoms with van der Waals surface area (Å²) in [4.78, 5) is 22.5. The van der Waals surface area contributed by atoms with Crippen LogP contribution in [-0.4, -0.2) is 25.2 Å². The van der Waals surface area contributed by atoms with Crippen LogP contribution in [0.25, 0.3) is 0 Å². The zero-order valence-electron chi connectivity index (χ0n) is 10.2. The summed E-state index contributed by atoms with van der Waals surface area (Å²) in [7, 11) is 0. The fraction of sp³-hybridized carbons (Fsp3) is 0.333. The molecule has 5 nitrogen and oxygen atoms in total. The van der Waals surface area contributed by atoms with Gasteiger partial charge in [-0.15, -0.1) is 0 Å². The van der Waals surface area contributed by atoms with E-state index in [1.807, 2.05) is 19.1 Å². The van der Waals surface area contributed by atoms with Gasteiger partial charge in [0.05, 0.1) is 6.61 Å². The number of carbonyl (C=O) groups excluding carboxylic acids is 2. The molecule has 0 spiro atoms. The highest BCUT2D eigenvalue weighted by Crippen LogP contribution is 2.19. The van der Waals surface area contributed by atoms with Gasteiger partial charge in [-0.05, 0) is 37.6 Å². The molecule has 0 saturated heterocycles. The summed E-state index contributed by atoms with van der Waals surface area (Å²) >= 11 is 3.37. The molecule has 1 aromatic carbocycles. The molecule has 0 saturated carbocycles. The minimum atomic E-state index is -0.459. The molecular weight excluding hydrogens is 300 g/mol. The molecular formula is C12H15BrN2O3. The van der Waals surface area contributed by atoms with Gasteiger partial charge in [0.1, 0.15) is 6.54 Å². The van der Waals surface area contributed by atoms with Crippen molar-refractivity contribution in [3.8, 4) is 0 Å². The van der Waals surface area contributed by atoms with Crippen LogP contribution in [0.15, 0.2) is 22.7 Å². The van der Waals surface area contributed by atoms with Crippen molar-refractivity contribution in [2.45, 2.75) is 13.8 Å². The maximum Gasteiger partial charge on any atom is 0.325 e. The van der Waals surface area contributed by atoms with Gasteiger partial charge >= 0.3 is 12.0 Å². The van der Waals surface area contributed by atoms with Crippen molar-refractivity contribution in [2.75, 3.05) is 18.5 Å². The van der Waals surface area contributed by atoms with Crippen molar-refractivity contribution >= 4 is 33.6 Å². The van der Waals surface area contributed by atoms with E-state index in [-0.39, 0.29) is 6.54 Å². The summed E-state index contributed by atoms with van der Waals surface area (Å²) in [6, 6.07) is 5.00. The van der Waals surface area contributed by atoms with Crippen LogP contribution in [0.4, 0.5) is 10.5 Å². The standard InChI is InChI=1S/C12H15BrN2O3/c1-3-18-11(16)7-14-12(17)15-9-4-5-10(13)8(2)6-9/h4-6H,3,7H2,1-2H3,(H2,14,15,17). The average Bonchev–Trinajstić information content (AvgIpc) is 2.32. The zero-order chi connectivity index (χ0) is 13.5. The Hall–Kier alpha value is -1.56. The fourth-order valence-electron chi connectivity index (χ4n) is 1.26. The Balaban J connectivity index is 2.44. The summed E-state index contributed by atoms with van der Waals surface area (Å²) in [5.74, 6) is -0.459. The second kappa shape index (κ2) is 7.00. The van der Waals surface area contributed by atoms with Crippen LogP contribution in [-0.2, 0) is 9.53 Å². The van der Waals surface area contributed by atoms with E-state index in [4.69, 9.17) is 0 Å². The van der Waals surface area contributed by atoms with Crippen molar-refractivity contribution in [3.63, 3.8) is 0 Å². The van der Waals surface area contributed by atoms with Crippen LogP contribution in [0.3, 0.4) is 0 Å². The fourth-order valence-corrected chi connectivity index (χ4v) is 1.51. The first-order valence-corrected chi connectivity index (χ1v) is 6.29. The molecule has 2 amide bonds. The van der Waals surface area contributed by atoms with E-state index in [1.54, 1.807) is 13.0 Å². The maximum atomic E-state index is 11.5. The first-order chi connectivity index (χ1) is 8.52. The molecule has 6 heteroatoms. The molecule has 0 bridgehead atoms.